The zero-order chi connectivity index (χ0) is 11.5. The Morgan fingerprint density at radius 1 is 1.44 bits per heavy atom. The van der Waals surface area contributed by atoms with E-state index in [4.69, 9.17) is 0 Å². The van der Waals surface area contributed by atoms with E-state index in [0.29, 0.717) is 6.04 Å². The van der Waals surface area contributed by atoms with Crippen LogP contribution in [0.5, 0.6) is 0 Å². The summed E-state index contributed by atoms with van der Waals surface area (Å²) >= 11 is 0. The Labute approximate surface area is 98.3 Å². The number of hydrogen-bond acceptors (Lipinski definition) is 2. The molecule has 1 saturated carbocycles. The van der Waals surface area contributed by atoms with Gasteiger partial charge in [0, 0.05) is 24.3 Å². The highest BCUT2D eigenvalue weighted by molar-refractivity contribution is 5.09. The molecule has 2 rings (SSSR count). The summed E-state index contributed by atoms with van der Waals surface area (Å²) in [6.07, 6.45) is 7.47. The first-order chi connectivity index (χ1) is 7.68. The number of aryl methyl sites for hydroxylation is 1. The van der Waals surface area contributed by atoms with Crippen LogP contribution in [0.3, 0.4) is 0 Å². The zero-order valence-electron chi connectivity index (χ0n) is 10.7. The van der Waals surface area contributed by atoms with E-state index in [0.717, 1.165) is 18.3 Å². The molecule has 3 heteroatoms. The highest BCUT2D eigenvalue weighted by Crippen LogP contribution is 2.18. The van der Waals surface area contributed by atoms with Crippen molar-refractivity contribution in [2.24, 2.45) is 0 Å². The Balaban J connectivity index is 1.87. The van der Waals surface area contributed by atoms with Gasteiger partial charge in [-0.2, -0.15) is 0 Å². The number of nitrogens with zero attached hydrogens (tertiary/aromatic N) is 2. The molecule has 0 bridgehead atoms. The first kappa shape index (κ1) is 11.6. The predicted molar refractivity (Wildman–Crippen MR) is 66.7 cm³/mol. The largest absolute Gasteiger partial charge is 0.331 e. The van der Waals surface area contributed by atoms with Gasteiger partial charge in [0.2, 0.25) is 0 Å². The van der Waals surface area contributed by atoms with Crippen molar-refractivity contribution in [2.75, 3.05) is 6.54 Å². The molecule has 0 saturated heterocycles. The fourth-order valence-corrected chi connectivity index (χ4v) is 2.53. The molecule has 0 radical (unpaired) electrons. The van der Waals surface area contributed by atoms with Crippen LogP contribution in [-0.2, 0) is 0 Å². The second kappa shape index (κ2) is 5.00. The van der Waals surface area contributed by atoms with E-state index in [9.17, 15) is 0 Å². The minimum absolute atomic E-state index is 0.502. The quantitative estimate of drug-likeness (QED) is 0.847. The van der Waals surface area contributed by atoms with Gasteiger partial charge in [-0.25, -0.2) is 4.98 Å². The van der Waals surface area contributed by atoms with Crippen molar-refractivity contribution >= 4 is 0 Å². The normalized spacial score (nSPS) is 19.2. The third-order valence-electron chi connectivity index (χ3n) is 3.82. The summed E-state index contributed by atoms with van der Waals surface area (Å²) in [7, 11) is 0. The van der Waals surface area contributed by atoms with Gasteiger partial charge in [-0.1, -0.05) is 12.8 Å². The summed E-state index contributed by atoms with van der Waals surface area (Å²) in [6.45, 7) is 7.54. The molecule has 1 heterocycles. The number of imidazole rings is 1. The van der Waals surface area contributed by atoms with Crippen LogP contribution in [0.1, 0.15) is 50.0 Å². The van der Waals surface area contributed by atoms with Crippen molar-refractivity contribution in [3.63, 3.8) is 0 Å². The lowest BCUT2D eigenvalue weighted by atomic mass is 10.2. The number of nitrogens with one attached hydrogen (secondary N) is 1. The maximum atomic E-state index is 4.35. The molecule has 0 amide bonds. The molecule has 0 aromatic carbocycles. The smallest absolute Gasteiger partial charge is 0.0954 e. The van der Waals surface area contributed by atoms with Crippen molar-refractivity contribution in [2.45, 2.75) is 58.5 Å². The van der Waals surface area contributed by atoms with Crippen molar-refractivity contribution < 1.29 is 0 Å². The van der Waals surface area contributed by atoms with E-state index in [1.807, 2.05) is 6.33 Å². The van der Waals surface area contributed by atoms with E-state index in [-0.39, 0.29) is 0 Å². The molecule has 1 aromatic rings. The molecular formula is C13H23N3. The highest BCUT2D eigenvalue weighted by Gasteiger charge is 2.16. The first-order valence-electron chi connectivity index (χ1n) is 6.42. The molecule has 3 nitrogen and oxygen atoms in total. The summed E-state index contributed by atoms with van der Waals surface area (Å²) < 4.78 is 2.28. The monoisotopic (exact) mass is 221 g/mol. The van der Waals surface area contributed by atoms with Crippen LogP contribution in [-0.4, -0.2) is 22.1 Å². The minimum atomic E-state index is 0.502. The van der Waals surface area contributed by atoms with Crippen LogP contribution in [0.2, 0.25) is 0 Å². The van der Waals surface area contributed by atoms with E-state index in [2.05, 4.69) is 35.6 Å². The molecule has 90 valence electrons. The number of hydrogen-bond donors (Lipinski definition) is 1. The van der Waals surface area contributed by atoms with Crippen LogP contribution < -0.4 is 5.32 Å². The SMILES string of the molecule is Cc1ncn(C(C)CNC2CCCC2)c1C. The number of aromatic nitrogens is 2. The van der Waals surface area contributed by atoms with Crippen LogP contribution >= 0.6 is 0 Å². The molecule has 16 heavy (non-hydrogen) atoms. The van der Waals surface area contributed by atoms with Gasteiger partial charge in [0.1, 0.15) is 0 Å². The molecule has 1 N–H and O–H groups in total. The maximum absolute atomic E-state index is 4.35. The highest BCUT2D eigenvalue weighted by atomic mass is 15.1. The first-order valence-corrected chi connectivity index (χ1v) is 6.42. The fraction of sp³-hybridized carbons (Fsp3) is 0.769. The number of rotatable bonds is 4. The van der Waals surface area contributed by atoms with Gasteiger partial charge >= 0.3 is 0 Å². The van der Waals surface area contributed by atoms with Gasteiger partial charge in [0.15, 0.2) is 0 Å². The lowest BCUT2D eigenvalue weighted by Gasteiger charge is -2.19. The van der Waals surface area contributed by atoms with E-state index < -0.39 is 0 Å². The Morgan fingerprint density at radius 3 is 2.69 bits per heavy atom. The van der Waals surface area contributed by atoms with Crippen molar-refractivity contribution in [1.82, 2.24) is 14.9 Å². The van der Waals surface area contributed by atoms with Gasteiger partial charge in [0.05, 0.1) is 12.0 Å². The molecule has 1 aliphatic carbocycles. The Bertz CT molecular complexity index is 337. The molecule has 0 spiro atoms. The van der Waals surface area contributed by atoms with Gasteiger partial charge < -0.3 is 9.88 Å². The molecule has 1 aliphatic rings. The zero-order valence-corrected chi connectivity index (χ0v) is 10.7. The van der Waals surface area contributed by atoms with Gasteiger partial charge in [-0.3, -0.25) is 0 Å². The average molecular weight is 221 g/mol. The van der Waals surface area contributed by atoms with Gasteiger partial charge in [0.25, 0.3) is 0 Å². The van der Waals surface area contributed by atoms with Crippen molar-refractivity contribution in [3.8, 4) is 0 Å². The fourth-order valence-electron chi connectivity index (χ4n) is 2.53. The van der Waals surface area contributed by atoms with Crippen LogP contribution in [0.25, 0.3) is 0 Å². The van der Waals surface area contributed by atoms with E-state index >= 15 is 0 Å². The molecule has 1 fully saturated rings. The van der Waals surface area contributed by atoms with Crippen molar-refractivity contribution in [3.05, 3.63) is 17.7 Å². The van der Waals surface area contributed by atoms with Crippen LogP contribution in [0, 0.1) is 13.8 Å². The summed E-state index contributed by atoms with van der Waals surface area (Å²) in [6, 6.07) is 1.26. The molecule has 1 atom stereocenters. The van der Waals surface area contributed by atoms with Crippen LogP contribution in [0.4, 0.5) is 0 Å². The Morgan fingerprint density at radius 2 is 2.12 bits per heavy atom. The molecule has 1 aromatic heterocycles. The topological polar surface area (TPSA) is 29.9 Å². The summed E-state index contributed by atoms with van der Waals surface area (Å²) in [5.41, 5.74) is 2.44. The Kier molecular flexibility index (Phi) is 3.64. The lowest BCUT2D eigenvalue weighted by molar-refractivity contribution is 0.435. The van der Waals surface area contributed by atoms with Gasteiger partial charge in [-0.05, 0) is 33.6 Å². The summed E-state index contributed by atoms with van der Waals surface area (Å²) in [5, 5.41) is 3.67. The third-order valence-corrected chi connectivity index (χ3v) is 3.82. The second-order valence-corrected chi connectivity index (χ2v) is 5.06. The lowest BCUT2D eigenvalue weighted by Crippen LogP contribution is -2.31. The third kappa shape index (κ3) is 2.46. The standard InChI is InChI=1S/C13H23N3/c1-10(8-14-13-6-4-5-7-13)16-9-15-11(2)12(16)3/h9-10,13-14H,4-8H2,1-3H3. The second-order valence-electron chi connectivity index (χ2n) is 5.06. The van der Waals surface area contributed by atoms with Crippen molar-refractivity contribution in [1.29, 1.82) is 0 Å². The van der Waals surface area contributed by atoms with E-state index in [1.165, 1.54) is 31.4 Å². The predicted octanol–water partition coefficient (Wildman–Crippen LogP) is 2.59. The summed E-state index contributed by atoms with van der Waals surface area (Å²) in [5.74, 6) is 0. The van der Waals surface area contributed by atoms with Gasteiger partial charge in [-0.15, -0.1) is 0 Å². The average Bonchev–Trinajstić information content (AvgIpc) is 2.88. The molecule has 1 unspecified atom stereocenters. The maximum Gasteiger partial charge on any atom is 0.0954 e. The van der Waals surface area contributed by atoms with E-state index in [1.54, 1.807) is 0 Å². The van der Waals surface area contributed by atoms with Crippen LogP contribution in [0.15, 0.2) is 6.33 Å². The summed E-state index contributed by atoms with van der Waals surface area (Å²) in [4.78, 5) is 4.35. The molecule has 0 aliphatic heterocycles. The minimum Gasteiger partial charge on any atom is -0.331 e. The molecular weight excluding hydrogens is 198 g/mol. The Hall–Kier alpha value is -0.830.